The van der Waals surface area contributed by atoms with Gasteiger partial charge >= 0.3 is 0 Å². The number of ether oxygens (including phenoxy) is 1. The lowest BCUT2D eigenvalue weighted by Gasteiger charge is -2.39. The molecule has 2 aliphatic heterocycles. The minimum Gasteiger partial charge on any atom is -0.493 e. The fraction of sp³-hybridized carbons (Fsp3) is 0.419. The third kappa shape index (κ3) is 7.23. The first kappa shape index (κ1) is 26.4. The number of amides is 2. The predicted octanol–water partition coefficient (Wildman–Crippen LogP) is 5.09. The summed E-state index contributed by atoms with van der Waals surface area (Å²) in [5.74, 6) is 1.73. The number of carbonyl (C=O) groups is 2. The summed E-state index contributed by atoms with van der Waals surface area (Å²) in [7, 11) is 0. The van der Waals surface area contributed by atoms with E-state index in [0.717, 1.165) is 42.7 Å². The second kappa shape index (κ2) is 13.1. The van der Waals surface area contributed by atoms with Crippen LogP contribution in [0.5, 0.6) is 5.75 Å². The van der Waals surface area contributed by atoms with Crippen LogP contribution >= 0.6 is 11.3 Å². The SMILES string of the molecule is O=C(C[C@@H]1CCN2C[C@@H]1CCCOc1ccccc1CN(Cc1ccsc1)CC2=O)NCc1ccccc1. The molecule has 0 aliphatic carbocycles. The molecule has 3 heterocycles. The Bertz CT molecular complexity index is 1180. The van der Waals surface area contributed by atoms with Crippen molar-refractivity contribution in [3.8, 4) is 5.75 Å². The molecule has 1 aromatic heterocycles. The fourth-order valence-corrected chi connectivity index (χ4v) is 6.31. The molecule has 0 spiro atoms. The Morgan fingerprint density at radius 1 is 1.00 bits per heavy atom. The monoisotopic (exact) mass is 531 g/mol. The van der Waals surface area contributed by atoms with Gasteiger partial charge in [-0.1, -0.05) is 48.5 Å². The van der Waals surface area contributed by atoms with Crippen LogP contribution in [0.25, 0.3) is 0 Å². The molecule has 2 atom stereocenters. The first-order valence-electron chi connectivity index (χ1n) is 13.7. The molecule has 1 saturated heterocycles. The third-order valence-electron chi connectivity index (χ3n) is 7.71. The molecule has 2 amide bonds. The molecule has 200 valence electrons. The summed E-state index contributed by atoms with van der Waals surface area (Å²) in [6.07, 6.45) is 3.22. The van der Waals surface area contributed by atoms with Gasteiger partial charge in [0.2, 0.25) is 11.8 Å². The standard InChI is InChI=1S/C31H37N3O3S/c35-30(32-18-24-7-2-1-3-8-24)17-26-12-14-34-21-27(26)10-6-15-37-29-11-5-4-9-28(29)20-33(22-31(34)36)19-25-13-16-38-23-25/h1-5,7-9,11,13,16,23,26-27H,6,10,12,14-15,17-22H2,(H,32,35)/t26-,27-/m0/s1. The Labute approximate surface area is 229 Å². The summed E-state index contributed by atoms with van der Waals surface area (Å²) in [4.78, 5) is 30.6. The average Bonchev–Trinajstić information content (AvgIpc) is 3.45. The van der Waals surface area contributed by atoms with E-state index in [4.69, 9.17) is 4.74 Å². The van der Waals surface area contributed by atoms with Gasteiger partial charge in [0, 0.05) is 44.7 Å². The van der Waals surface area contributed by atoms with Crippen LogP contribution in [0.3, 0.4) is 0 Å². The molecular weight excluding hydrogens is 494 g/mol. The van der Waals surface area contributed by atoms with Gasteiger partial charge < -0.3 is 15.0 Å². The number of carbonyl (C=O) groups excluding carboxylic acids is 2. The second-order valence-electron chi connectivity index (χ2n) is 10.5. The van der Waals surface area contributed by atoms with Crippen molar-refractivity contribution in [3.63, 3.8) is 0 Å². The van der Waals surface area contributed by atoms with Crippen LogP contribution in [0.2, 0.25) is 0 Å². The van der Waals surface area contributed by atoms with Gasteiger partial charge in [0.1, 0.15) is 5.75 Å². The fourth-order valence-electron chi connectivity index (χ4n) is 5.65. The van der Waals surface area contributed by atoms with Gasteiger partial charge in [-0.2, -0.15) is 11.3 Å². The number of thiophene rings is 1. The van der Waals surface area contributed by atoms with Crippen LogP contribution in [-0.4, -0.2) is 47.9 Å². The summed E-state index contributed by atoms with van der Waals surface area (Å²) in [5, 5.41) is 7.33. The van der Waals surface area contributed by atoms with Gasteiger partial charge in [0.25, 0.3) is 0 Å². The molecule has 0 saturated carbocycles. The number of rotatable bonds is 6. The Morgan fingerprint density at radius 2 is 1.84 bits per heavy atom. The maximum atomic E-state index is 13.5. The lowest BCUT2D eigenvalue weighted by molar-refractivity contribution is -0.135. The maximum absolute atomic E-state index is 13.5. The molecule has 7 heteroatoms. The highest BCUT2D eigenvalue weighted by Crippen LogP contribution is 2.31. The van der Waals surface area contributed by atoms with Crippen molar-refractivity contribution in [1.82, 2.24) is 15.1 Å². The van der Waals surface area contributed by atoms with Gasteiger partial charge in [0.15, 0.2) is 0 Å². The van der Waals surface area contributed by atoms with Gasteiger partial charge in [-0.25, -0.2) is 0 Å². The van der Waals surface area contributed by atoms with Gasteiger partial charge in [0.05, 0.1) is 13.2 Å². The summed E-state index contributed by atoms with van der Waals surface area (Å²) in [6, 6.07) is 20.3. The summed E-state index contributed by atoms with van der Waals surface area (Å²) in [5.41, 5.74) is 3.44. The normalized spacial score (nSPS) is 20.8. The molecule has 2 bridgehead atoms. The molecule has 38 heavy (non-hydrogen) atoms. The molecule has 5 rings (SSSR count). The van der Waals surface area contributed by atoms with E-state index in [9.17, 15) is 9.59 Å². The lowest BCUT2D eigenvalue weighted by atomic mass is 9.80. The molecule has 0 unspecified atom stereocenters. The molecule has 1 N–H and O–H groups in total. The van der Waals surface area contributed by atoms with Crippen LogP contribution in [-0.2, 0) is 29.2 Å². The number of para-hydroxylation sites is 1. The van der Waals surface area contributed by atoms with E-state index in [1.54, 1.807) is 11.3 Å². The topological polar surface area (TPSA) is 61.9 Å². The Morgan fingerprint density at radius 3 is 2.68 bits per heavy atom. The maximum Gasteiger partial charge on any atom is 0.236 e. The lowest BCUT2D eigenvalue weighted by Crippen LogP contribution is -2.48. The molecule has 3 aromatic rings. The Hall–Kier alpha value is -3.16. The molecule has 1 fully saturated rings. The summed E-state index contributed by atoms with van der Waals surface area (Å²) in [6.45, 7) is 4.39. The first-order chi connectivity index (χ1) is 18.6. The Balaban J connectivity index is 1.27. The van der Waals surface area contributed by atoms with E-state index >= 15 is 0 Å². The molecule has 0 radical (unpaired) electrons. The number of nitrogens with zero attached hydrogens (tertiary/aromatic N) is 2. The highest BCUT2D eigenvalue weighted by molar-refractivity contribution is 7.07. The number of piperidine rings is 1. The number of benzene rings is 2. The molecular formula is C31H37N3O3S. The van der Waals surface area contributed by atoms with Gasteiger partial charge in [-0.15, -0.1) is 0 Å². The smallest absolute Gasteiger partial charge is 0.236 e. The van der Waals surface area contributed by atoms with Crippen LogP contribution in [0.1, 0.15) is 42.4 Å². The summed E-state index contributed by atoms with van der Waals surface area (Å²) >= 11 is 1.68. The predicted molar refractivity (Wildman–Crippen MR) is 151 cm³/mol. The quantitative estimate of drug-likeness (QED) is 0.481. The largest absolute Gasteiger partial charge is 0.493 e. The third-order valence-corrected chi connectivity index (χ3v) is 8.44. The minimum absolute atomic E-state index is 0.0914. The van der Waals surface area contributed by atoms with Crippen LogP contribution in [0.4, 0.5) is 0 Å². The Kier molecular flexibility index (Phi) is 9.10. The van der Waals surface area contributed by atoms with E-state index < -0.39 is 0 Å². The summed E-state index contributed by atoms with van der Waals surface area (Å²) < 4.78 is 6.25. The average molecular weight is 532 g/mol. The van der Waals surface area contributed by atoms with Crippen molar-refractivity contribution in [2.75, 3.05) is 26.2 Å². The number of hydrogen-bond acceptors (Lipinski definition) is 5. The zero-order valence-corrected chi connectivity index (χ0v) is 22.7. The first-order valence-corrected chi connectivity index (χ1v) is 14.6. The van der Waals surface area contributed by atoms with Gasteiger partial charge in [-0.05, 0) is 65.1 Å². The van der Waals surface area contributed by atoms with Crippen molar-refractivity contribution in [3.05, 3.63) is 88.1 Å². The van der Waals surface area contributed by atoms with Crippen molar-refractivity contribution >= 4 is 23.2 Å². The molecule has 6 nitrogen and oxygen atoms in total. The van der Waals surface area contributed by atoms with Crippen molar-refractivity contribution in [2.45, 2.75) is 45.3 Å². The van der Waals surface area contributed by atoms with E-state index in [1.165, 1.54) is 5.56 Å². The van der Waals surface area contributed by atoms with Crippen molar-refractivity contribution in [1.29, 1.82) is 0 Å². The highest BCUT2D eigenvalue weighted by Gasteiger charge is 2.33. The van der Waals surface area contributed by atoms with E-state index in [2.05, 4.69) is 33.1 Å². The second-order valence-corrected chi connectivity index (χ2v) is 11.3. The van der Waals surface area contributed by atoms with E-state index in [-0.39, 0.29) is 17.7 Å². The van der Waals surface area contributed by atoms with Crippen molar-refractivity contribution in [2.24, 2.45) is 11.8 Å². The number of fused-ring (bicyclic) bond motifs is 3. The van der Waals surface area contributed by atoms with E-state index in [0.29, 0.717) is 51.7 Å². The number of hydrogen-bond donors (Lipinski definition) is 1. The molecule has 2 aliphatic rings. The van der Waals surface area contributed by atoms with Crippen LogP contribution < -0.4 is 10.1 Å². The van der Waals surface area contributed by atoms with Crippen LogP contribution in [0.15, 0.2) is 71.4 Å². The van der Waals surface area contributed by atoms with Crippen molar-refractivity contribution < 1.29 is 14.3 Å². The zero-order chi connectivity index (χ0) is 26.2. The van der Waals surface area contributed by atoms with E-state index in [1.807, 2.05) is 53.4 Å². The van der Waals surface area contributed by atoms with Gasteiger partial charge in [-0.3, -0.25) is 14.5 Å². The van der Waals surface area contributed by atoms with Crippen LogP contribution in [0, 0.1) is 11.8 Å². The zero-order valence-electron chi connectivity index (χ0n) is 21.9. The highest BCUT2D eigenvalue weighted by atomic mass is 32.1. The molecule has 2 aromatic carbocycles. The minimum atomic E-state index is 0.0914. The number of nitrogens with one attached hydrogen (secondary N) is 1.